The van der Waals surface area contributed by atoms with Crippen molar-refractivity contribution in [3.8, 4) is 0 Å². The number of rotatable bonds is 4. The Morgan fingerprint density at radius 3 is 2.52 bits per heavy atom. The molecule has 1 amide bonds. The number of benzene rings is 3. The summed E-state index contributed by atoms with van der Waals surface area (Å²) in [4.78, 5) is 14.8. The van der Waals surface area contributed by atoms with Crippen LogP contribution in [0.15, 0.2) is 77.7 Å². The molecule has 0 fully saturated rings. The Balaban J connectivity index is 1.64. The molecule has 0 radical (unpaired) electrons. The summed E-state index contributed by atoms with van der Waals surface area (Å²) in [5.41, 5.74) is 2.61. The summed E-state index contributed by atoms with van der Waals surface area (Å²) < 4.78 is 28.2. The Morgan fingerprint density at radius 2 is 1.76 bits per heavy atom. The lowest BCUT2D eigenvalue weighted by molar-refractivity contribution is 0.0985. The van der Waals surface area contributed by atoms with Gasteiger partial charge in [0.2, 0.25) is 0 Å². The van der Waals surface area contributed by atoms with Gasteiger partial charge < -0.3 is 4.90 Å². The Morgan fingerprint density at radius 1 is 0.966 bits per heavy atom. The Labute approximate surface area is 175 Å². The highest BCUT2D eigenvalue weighted by atomic mass is 35.5. The molecule has 0 bridgehead atoms. The van der Waals surface area contributed by atoms with Gasteiger partial charge >= 0.3 is 0 Å². The van der Waals surface area contributed by atoms with E-state index in [4.69, 9.17) is 11.6 Å². The Kier molecular flexibility index (Phi) is 5.30. The lowest BCUT2D eigenvalue weighted by Gasteiger charge is -2.30. The predicted molar refractivity (Wildman–Crippen MR) is 115 cm³/mol. The van der Waals surface area contributed by atoms with Gasteiger partial charge in [-0.15, -0.1) is 0 Å². The second kappa shape index (κ2) is 7.89. The molecule has 0 aliphatic carbocycles. The molecule has 148 valence electrons. The van der Waals surface area contributed by atoms with Gasteiger partial charge in [-0.3, -0.25) is 9.52 Å². The minimum absolute atomic E-state index is 0.0841. The number of carbonyl (C=O) groups is 1. The standard InChI is InChI=1S/C22H19ClN2O3S/c23-18-9-4-10-19(15-18)24-29(27,28)20-11-12-21-17(14-20)8-5-13-25(21)22(26)16-6-2-1-3-7-16/h1-4,6-7,9-12,14-15,24H,5,8,13H2. The summed E-state index contributed by atoms with van der Waals surface area (Å²) in [5.74, 6) is -0.0841. The SMILES string of the molecule is O=C(c1ccccc1)N1CCCc2cc(S(=O)(=O)Nc3cccc(Cl)c3)ccc21. The average Bonchev–Trinajstić information content (AvgIpc) is 2.72. The van der Waals surface area contributed by atoms with E-state index < -0.39 is 10.0 Å². The second-order valence-corrected chi connectivity index (χ2v) is 8.95. The van der Waals surface area contributed by atoms with Crippen LogP contribution in [-0.4, -0.2) is 20.9 Å². The molecule has 3 aromatic carbocycles. The molecule has 0 saturated carbocycles. The van der Waals surface area contributed by atoms with Crippen molar-refractivity contribution in [1.82, 2.24) is 0 Å². The molecule has 1 N–H and O–H groups in total. The van der Waals surface area contributed by atoms with Crippen LogP contribution in [0.3, 0.4) is 0 Å². The molecule has 7 heteroatoms. The second-order valence-electron chi connectivity index (χ2n) is 6.83. The summed E-state index contributed by atoms with van der Waals surface area (Å²) in [5, 5.41) is 0.450. The van der Waals surface area contributed by atoms with E-state index in [0.717, 1.165) is 17.7 Å². The minimum atomic E-state index is -3.77. The number of halogens is 1. The van der Waals surface area contributed by atoms with Gasteiger partial charge in [0, 0.05) is 22.8 Å². The molecule has 1 heterocycles. The van der Waals surface area contributed by atoms with Crippen LogP contribution in [-0.2, 0) is 16.4 Å². The number of fused-ring (bicyclic) bond motifs is 1. The van der Waals surface area contributed by atoms with Crippen LogP contribution in [0, 0.1) is 0 Å². The largest absolute Gasteiger partial charge is 0.308 e. The summed E-state index contributed by atoms with van der Waals surface area (Å²) in [6.07, 6.45) is 1.49. The fraction of sp³-hybridized carbons (Fsp3) is 0.136. The molecular weight excluding hydrogens is 408 g/mol. The third-order valence-corrected chi connectivity index (χ3v) is 6.44. The van der Waals surface area contributed by atoms with E-state index in [-0.39, 0.29) is 10.8 Å². The number of aryl methyl sites for hydroxylation is 1. The molecule has 0 atom stereocenters. The molecule has 0 aromatic heterocycles. The van der Waals surface area contributed by atoms with Gasteiger partial charge in [0.15, 0.2) is 0 Å². The normalized spacial score (nSPS) is 13.6. The molecule has 1 aliphatic heterocycles. The van der Waals surface area contributed by atoms with Crippen molar-refractivity contribution in [3.63, 3.8) is 0 Å². The third-order valence-electron chi connectivity index (χ3n) is 4.82. The smallest absolute Gasteiger partial charge is 0.261 e. The zero-order chi connectivity index (χ0) is 20.4. The lowest BCUT2D eigenvalue weighted by atomic mass is 10.0. The van der Waals surface area contributed by atoms with Crippen LogP contribution in [0.2, 0.25) is 5.02 Å². The average molecular weight is 427 g/mol. The maximum absolute atomic E-state index is 12.9. The van der Waals surface area contributed by atoms with E-state index in [1.54, 1.807) is 53.4 Å². The third kappa shape index (κ3) is 4.13. The maximum Gasteiger partial charge on any atom is 0.261 e. The van der Waals surface area contributed by atoms with Crippen LogP contribution in [0.4, 0.5) is 11.4 Å². The zero-order valence-corrected chi connectivity index (χ0v) is 17.1. The predicted octanol–water partition coefficient (Wildman–Crippen LogP) is 4.73. The van der Waals surface area contributed by atoms with E-state index in [0.29, 0.717) is 29.2 Å². The number of hydrogen-bond acceptors (Lipinski definition) is 3. The van der Waals surface area contributed by atoms with Crippen molar-refractivity contribution in [2.75, 3.05) is 16.2 Å². The molecule has 3 aromatic rings. The van der Waals surface area contributed by atoms with Crippen LogP contribution < -0.4 is 9.62 Å². The van der Waals surface area contributed by atoms with Gasteiger partial charge in [-0.25, -0.2) is 8.42 Å². The summed E-state index contributed by atoms with van der Waals surface area (Å²) >= 11 is 5.94. The topological polar surface area (TPSA) is 66.5 Å². The molecule has 0 unspecified atom stereocenters. The zero-order valence-electron chi connectivity index (χ0n) is 15.5. The fourth-order valence-electron chi connectivity index (χ4n) is 3.45. The van der Waals surface area contributed by atoms with Gasteiger partial charge in [0.1, 0.15) is 0 Å². The van der Waals surface area contributed by atoms with Crippen molar-refractivity contribution in [2.24, 2.45) is 0 Å². The fourth-order valence-corrected chi connectivity index (χ4v) is 4.74. The summed E-state index contributed by atoms with van der Waals surface area (Å²) in [6, 6.07) is 20.5. The van der Waals surface area contributed by atoms with Gasteiger partial charge in [-0.05, 0) is 66.9 Å². The summed E-state index contributed by atoms with van der Waals surface area (Å²) in [6.45, 7) is 0.605. The van der Waals surface area contributed by atoms with Crippen molar-refractivity contribution < 1.29 is 13.2 Å². The van der Waals surface area contributed by atoms with Crippen LogP contribution >= 0.6 is 11.6 Å². The molecular formula is C22H19ClN2O3S. The van der Waals surface area contributed by atoms with Gasteiger partial charge in [0.25, 0.3) is 15.9 Å². The minimum Gasteiger partial charge on any atom is -0.308 e. The quantitative estimate of drug-likeness (QED) is 0.655. The number of nitrogens with zero attached hydrogens (tertiary/aromatic N) is 1. The number of hydrogen-bond donors (Lipinski definition) is 1. The van der Waals surface area contributed by atoms with E-state index in [1.807, 2.05) is 18.2 Å². The molecule has 5 nitrogen and oxygen atoms in total. The summed E-state index contributed by atoms with van der Waals surface area (Å²) in [7, 11) is -3.77. The van der Waals surface area contributed by atoms with Crippen LogP contribution in [0.1, 0.15) is 22.3 Å². The highest BCUT2D eigenvalue weighted by molar-refractivity contribution is 7.92. The monoisotopic (exact) mass is 426 g/mol. The lowest BCUT2D eigenvalue weighted by Crippen LogP contribution is -2.35. The number of carbonyl (C=O) groups excluding carboxylic acids is 1. The van der Waals surface area contributed by atoms with Crippen LogP contribution in [0.5, 0.6) is 0 Å². The molecule has 0 spiro atoms. The van der Waals surface area contributed by atoms with E-state index >= 15 is 0 Å². The number of amides is 1. The number of anilines is 2. The van der Waals surface area contributed by atoms with E-state index in [1.165, 1.54) is 6.07 Å². The Bertz CT molecular complexity index is 1160. The highest BCUT2D eigenvalue weighted by Crippen LogP contribution is 2.31. The molecule has 29 heavy (non-hydrogen) atoms. The molecule has 0 saturated heterocycles. The van der Waals surface area contributed by atoms with Crippen LogP contribution in [0.25, 0.3) is 0 Å². The highest BCUT2D eigenvalue weighted by Gasteiger charge is 2.25. The van der Waals surface area contributed by atoms with E-state index in [2.05, 4.69) is 4.72 Å². The first-order chi connectivity index (χ1) is 13.9. The van der Waals surface area contributed by atoms with Gasteiger partial charge in [0.05, 0.1) is 10.6 Å². The first-order valence-corrected chi connectivity index (χ1v) is 11.1. The number of sulfonamides is 1. The molecule has 4 rings (SSSR count). The maximum atomic E-state index is 12.9. The van der Waals surface area contributed by atoms with E-state index in [9.17, 15) is 13.2 Å². The van der Waals surface area contributed by atoms with Gasteiger partial charge in [-0.1, -0.05) is 35.9 Å². The number of nitrogens with one attached hydrogen (secondary N) is 1. The van der Waals surface area contributed by atoms with Crippen molar-refractivity contribution >= 4 is 38.9 Å². The van der Waals surface area contributed by atoms with Gasteiger partial charge in [-0.2, -0.15) is 0 Å². The Hall–Kier alpha value is -2.83. The van der Waals surface area contributed by atoms with Crippen molar-refractivity contribution in [2.45, 2.75) is 17.7 Å². The first kappa shape index (κ1) is 19.5. The van der Waals surface area contributed by atoms with Crippen molar-refractivity contribution in [1.29, 1.82) is 0 Å². The first-order valence-electron chi connectivity index (χ1n) is 9.22. The molecule has 1 aliphatic rings. The van der Waals surface area contributed by atoms with Crippen molar-refractivity contribution in [3.05, 3.63) is 88.9 Å².